The Morgan fingerprint density at radius 3 is 2.62 bits per heavy atom. The van der Waals surface area contributed by atoms with Crippen molar-refractivity contribution in [3.8, 4) is 11.8 Å². The molecule has 1 aromatic heterocycles. The lowest BCUT2D eigenvalue weighted by Crippen LogP contribution is -2.81. The minimum absolute atomic E-state index is 0.00667. The van der Waals surface area contributed by atoms with Crippen LogP contribution in [0.25, 0.3) is 0 Å². The minimum Gasteiger partial charge on any atom is -0.469 e. The van der Waals surface area contributed by atoms with Crippen molar-refractivity contribution in [2.75, 3.05) is 26.4 Å². The number of carbonyl (C=O) groups excluding carboxylic acids is 3. The zero-order chi connectivity index (χ0) is 50.6. The molecule has 14 rings (SSSR count). The molecule has 13 nitrogen and oxygen atoms in total. The van der Waals surface area contributed by atoms with Crippen LogP contribution in [-0.4, -0.2) is 106 Å². The molecule has 2 aromatic rings. The summed E-state index contributed by atoms with van der Waals surface area (Å²) in [5.41, 5.74) is -5.28. The number of nitrogens with one attached hydrogen (secondary N) is 1. The van der Waals surface area contributed by atoms with Gasteiger partial charge in [0.25, 0.3) is 0 Å². The molecule has 6 aliphatic heterocycles. The Hall–Kier alpha value is -4.03. The standard InChI is InChI=1S/C61H76N2O11/c1-56-23-19-48-58-33-71-50(66)30-49(58)72-57(2,40-13-7-4-8-14-40)52(58)51(67)53(68)60(48)44-27-36(26-35-10-5-3-6-11-35)15-16-37(44)12-9-22-59(56,74-55(69)54-61(56,60)73-54)43-21-25-70-47(43)29-42(46(65)32-64)38-17-18-41-39(28-38)20-24-63-34-62-31-45(41)63/h3,5-6,10-11,20-21,24-25,36-42,44-46,48-49,52-54,62,64-65,68H,4,7-8,13-19,22-23,26-34H2,1-2H3/t36-,37+,38+,39+,41-,42-,44-,45-,46+,48+,49-,52+,53+,54+,56-,57+,58-,59-,60-,61+/m0/s1. The first-order valence-corrected chi connectivity index (χ1v) is 28.8. The van der Waals surface area contributed by atoms with Crippen LogP contribution in [0.5, 0.6) is 0 Å². The van der Waals surface area contributed by atoms with E-state index < -0.39 is 81.9 Å². The maximum Gasteiger partial charge on any atom is 0.339 e. The van der Waals surface area contributed by atoms with Gasteiger partial charge in [-0.3, -0.25) is 14.9 Å². The molecule has 4 bridgehead atoms. The van der Waals surface area contributed by atoms with E-state index in [0.717, 1.165) is 83.8 Å². The SMILES string of the molecule is C[C@]12CC[C@@H]3[C@@]45COC(=O)C[C@@H]4O[C@](C)(C4CCCCC4)[C@H]5C(=O)[C@@H](O)[C@]34[C@H]3C[C@H](Cc5ccccc5)CC[C@H]3C#CC[C@@]1(c1ccoc1C[C@@H]([C@@H]1CC[C@H]3[C@H](C=CN5CNC[C@@H]35)C1)[C@H](O)CO)OC(=O)[C@H]1O[C@@]142. The molecule has 5 saturated heterocycles. The van der Waals surface area contributed by atoms with Crippen molar-refractivity contribution in [3.05, 3.63) is 71.8 Å². The molecule has 1 aromatic carbocycles. The van der Waals surface area contributed by atoms with E-state index in [0.29, 0.717) is 54.9 Å². The number of aliphatic hydroxyl groups excluding tert-OH is 3. The van der Waals surface area contributed by atoms with Gasteiger partial charge in [-0.05, 0) is 143 Å². The summed E-state index contributed by atoms with van der Waals surface area (Å²) in [5.74, 6) is 6.06. The second-order valence-electron chi connectivity index (χ2n) is 26.1. The van der Waals surface area contributed by atoms with Crippen molar-refractivity contribution < 1.29 is 53.1 Å². The maximum atomic E-state index is 16.5. The van der Waals surface area contributed by atoms with Crippen LogP contribution < -0.4 is 5.32 Å². The maximum absolute atomic E-state index is 16.5. The van der Waals surface area contributed by atoms with E-state index in [-0.39, 0.29) is 66.7 Å². The van der Waals surface area contributed by atoms with Gasteiger partial charge in [-0.1, -0.05) is 74.4 Å². The fourth-order valence-electron chi connectivity index (χ4n) is 20.5. The third-order valence-corrected chi connectivity index (χ3v) is 23.5. The molecular formula is C61H76N2O11. The summed E-state index contributed by atoms with van der Waals surface area (Å²) < 4.78 is 34.8. The molecule has 0 unspecified atom stereocenters. The highest BCUT2D eigenvalue weighted by atomic mass is 16.7. The van der Waals surface area contributed by atoms with Gasteiger partial charge in [-0.15, -0.1) is 0 Å². The van der Waals surface area contributed by atoms with Crippen LogP contribution in [0, 0.1) is 87.3 Å². The van der Waals surface area contributed by atoms with Crippen molar-refractivity contribution in [2.45, 2.75) is 170 Å². The first-order chi connectivity index (χ1) is 35.8. The lowest BCUT2D eigenvalue weighted by Gasteiger charge is -2.71. The number of furan rings is 1. The average Bonchev–Trinajstić information content (AvgIpc) is 3.81. The number of aliphatic hydroxyl groups is 3. The average molecular weight is 1010 g/mol. The highest BCUT2D eigenvalue weighted by molar-refractivity contribution is 5.92. The van der Waals surface area contributed by atoms with Crippen molar-refractivity contribution in [3.63, 3.8) is 0 Å². The number of ketones is 1. The molecule has 6 aliphatic carbocycles. The normalized spacial score (nSPS) is 47.5. The summed E-state index contributed by atoms with van der Waals surface area (Å²) in [6.45, 7) is 5.72. The monoisotopic (exact) mass is 1010 g/mol. The summed E-state index contributed by atoms with van der Waals surface area (Å²) >= 11 is 0. The van der Waals surface area contributed by atoms with Gasteiger partial charge in [-0.25, -0.2) is 4.79 Å². The van der Waals surface area contributed by atoms with Crippen LogP contribution in [0.3, 0.4) is 0 Å². The topological polar surface area (TPSA) is 181 Å². The molecule has 12 aliphatic rings. The molecule has 20 atom stereocenters. The van der Waals surface area contributed by atoms with Gasteiger partial charge in [0.2, 0.25) is 0 Å². The first kappa shape index (κ1) is 48.3. The number of ether oxygens (including phenoxy) is 4. The number of benzene rings is 1. The number of hydrogen-bond donors (Lipinski definition) is 4. The fourth-order valence-corrected chi connectivity index (χ4v) is 20.5. The highest BCUT2D eigenvalue weighted by Gasteiger charge is 2.95. The number of rotatable bonds is 9. The Bertz CT molecular complexity index is 2670. The van der Waals surface area contributed by atoms with Gasteiger partial charge in [0.05, 0.1) is 56.1 Å². The van der Waals surface area contributed by atoms with E-state index in [1.54, 1.807) is 6.26 Å². The lowest BCUT2D eigenvalue weighted by molar-refractivity contribution is -0.295. The predicted octanol–water partition coefficient (Wildman–Crippen LogP) is 6.79. The number of allylic oxidation sites excluding steroid dienone is 1. The largest absolute Gasteiger partial charge is 0.469 e. The molecule has 3 spiro atoms. The second kappa shape index (κ2) is 17.2. The van der Waals surface area contributed by atoms with Crippen LogP contribution in [0.2, 0.25) is 0 Å². The number of nitrogens with zero attached hydrogens (tertiary/aromatic N) is 1. The summed E-state index contributed by atoms with van der Waals surface area (Å²) in [6.07, 6.45) is 14.5. The van der Waals surface area contributed by atoms with Gasteiger partial charge in [0.15, 0.2) is 17.5 Å². The Morgan fingerprint density at radius 1 is 0.959 bits per heavy atom. The van der Waals surface area contributed by atoms with Crippen molar-refractivity contribution in [1.82, 2.24) is 10.2 Å². The number of epoxide rings is 1. The van der Waals surface area contributed by atoms with E-state index in [4.69, 9.17) is 23.4 Å². The van der Waals surface area contributed by atoms with Crippen LogP contribution in [0.15, 0.2) is 59.4 Å². The third-order valence-electron chi connectivity index (χ3n) is 23.5. The zero-order valence-corrected chi connectivity index (χ0v) is 43.3. The predicted molar refractivity (Wildman–Crippen MR) is 269 cm³/mol. The second-order valence-corrected chi connectivity index (χ2v) is 26.1. The van der Waals surface area contributed by atoms with E-state index in [9.17, 15) is 20.1 Å². The van der Waals surface area contributed by atoms with Crippen molar-refractivity contribution in [1.29, 1.82) is 0 Å². The molecule has 7 heterocycles. The van der Waals surface area contributed by atoms with E-state index in [2.05, 4.69) is 72.4 Å². The number of fused-ring (bicyclic) bond motifs is 4. The number of hydrogen-bond acceptors (Lipinski definition) is 13. The zero-order valence-electron chi connectivity index (χ0n) is 43.3. The third kappa shape index (κ3) is 6.30. The molecule has 396 valence electrons. The van der Waals surface area contributed by atoms with Crippen molar-refractivity contribution in [2.24, 2.45) is 75.4 Å². The number of esters is 2. The van der Waals surface area contributed by atoms with Gasteiger partial charge < -0.3 is 43.6 Å². The van der Waals surface area contributed by atoms with E-state index >= 15 is 9.59 Å². The molecule has 0 amide bonds. The van der Waals surface area contributed by atoms with Crippen LogP contribution in [-0.2, 0) is 51.8 Å². The summed E-state index contributed by atoms with van der Waals surface area (Å²) in [5, 5.41) is 40.2. The summed E-state index contributed by atoms with van der Waals surface area (Å²) in [6, 6.07) is 12.9. The van der Waals surface area contributed by atoms with Crippen LogP contribution in [0.4, 0.5) is 0 Å². The van der Waals surface area contributed by atoms with Gasteiger partial charge in [-0.2, -0.15) is 0 Å². The van der Waals surface area contributed by atoms with Crippen LogP contribution in [0.1, 0.15) is 127 Å². The highest BCUT2D eigenvalue weighted by Crippen LogP contribution is 2.84. The number of cyclic esters (lactones) is 1. The molecule has 4 N–H and O–H groups in total. The van der Waals surface area contributed by atoms with Crippen molar-refractivity contribution >= 4 is 17.7 Å². The Morgan fingerprint density at radius 2 is 1.80 bits per heavy atom. The number of carbonyl (C=O) groups is 3. The van der Waals surface area contributed by atoms with Crippen LogP contribution >= 0.6 is 0 Å². The summed E-state index contributed by atoms with van der Waals surface area (Å²) in [4.78, 5) is 48.0. The molecule has 74 heavy (non-hydrogen) atoms. The van der Waals surface area contributed by atoms with E-state index in [1.807, 2.05) is 12.1 Å². The Kier molecular flexibility index (Phi) is 11.3. The quantitative estimate of drug-likeness (QED) is 0.117. The Balaban J connectivity index is 0.919. The Labute approximate surface area is 435 Å². The van der Waals surface area contributed by atoms with E-state index in [1.165, 1.54) is 5.56 Å². The van der Waals surface area contributed by atoms with Gasteiger partial charge >= 0.3 is 11.9 Å². The smallest absolute Gasteiger partial charge is 0.339 e. The molecular weight excluding hydrogens is 937 g/mol. The lowest BCUT2D eigenvalue weighted by atomic mass is 9.31. The molecule has 13 heteroatoms. The van der Waals surface area contributed by atoms with Gasteiger partial charge in [0.1, 0.15) is 24.1 Å². The molecule has 5 saturated carbocycles. The van der Waals surface area contributed by atoms with Gasteiger partial charge in [0, 0.05) is 46.7 Å². The molecule has 10 fully saturated rings. The fraction of sp³-hybridized carbons (Fsp3) is 0.721. The molecule has 0 radical (unpaired) electrons. The number of Topliss-reactive ketones (excluding diaryl/α,β-unsaturated/α-hetero) is 1. The summed E-state index contributed by atoms with van der Waals surface area (Å²) in [7, 11) is 0. The first-order valence-electron chi connectivity index (χ1n) is 28.8. The minimum atomic E-state index is -1.54.